The third-order valence-electron chi connectivity index (χ3n) is 1.36. The largest absolute Gasteiger partial charge is 0.390 e. The quantitative estimate of drug-likeness (QED) is 0.633. The minimum Gasteiger partial charge on any atom is -0.380 e. The second kappa shape index (κ2) is 7.15. The molecule has 0 radical (unpaired) electrons. The van der Waals surface area contributed by atoms with Crippen LogP contribution in [0.1, 0.15) is 19.8 Å². The number of hydrogen-bond donors (Lipinski definition) is 1. The van der Waals surface area contributed by atoms with Crippen LogP contribution in [0.4, 0.5) is 13.2 Å². The van der Waals surface area contributed by atoms with Crippen LogP contribution >= 0.6 is 0 Å². The number of hydrogen-bond acceptors (Lipinski definition) is 2. The van der Waals surface area contributed by atoms with Crippen LogP contribution in [0.2, 0.25) is 0 Å². The minimum absolute atomic E-state index is 0.0288. The van der Waals surface area contributed by atoms with Gasteiger partial charge in [-0.15, -0.1) is 0 Å². The molecule has 0 aliphatic heterocycles. The molecule has 5 heteroatoms. The summed E-state index contributed by atoms with van der Waals surface area (Å²) in [4.78, 5) is 0. The zero-order valence-electron chi connectivity index (χ0n) is 7.78. The van der Waals surface area contributed by atoms with Gasteiger partial charge in [-0.05, 0) is 6.42 Å². The van der Waals surface area contributed by atoms with Gasteiger partial charge in [0.2, 0.25) is 0 Å². The summed E-state index contributed by atoms with van der Waals surface area (Å²) in [7, 11) is 0. The Morgan fingerprint density at radius 3 is 2.38 bits per heavy atom. The number of ether oxygens (including phenoxy) is 1. The predicted molar refractivity (Wildman–Crippen MR) is 44.7 cm³/mol. The molecule has 0 aliphatic carbocycles. The molecule has 0 amide bonds. The SMILES string of the molecule is CCCOCCNCCC(F)(F)F. The van der Waals surface area contributed by atoms with Crippen LogP contribution in [-0.4, -0.2) is 32.5 Å². The molecule has 0 spiro atoms. The molecule has 0 saturated heterocycles. The smallest absolute Gasteiger partial charge is 0.380 e. The van der Waals surface area contributed by atoms with E-state index in [0.29, 0.717) is 19.8 Å². The van der Waals surface area contributed by atoms with Crippen molar-refractivity contribution in [2.24, 2.45) is 0 Å². The third-order valence-corrected chi connectivity index (χ3v) is 1.36. The van der Waals surface area contributed by atoms with Gasteiger partial charge in [-0.25, -0.2) is 0 Å². The Morgan fingerprint density at radius 2 is 1.85 bits per heavy atom. The van der Waals surface area contributed by atoms with Gasteiger partial charge in [-0.3, -0.25) is 0 Å². The highest BCUT2D eigenvalue weighted by Gasteiger charge is 2.25. The summed E-state index contributed by atoms with van der Waals surface area (Å²) in [6.45, 7) is 3.58. The fourth-order valence-electron chi connectivity index (χ4n) is 0.746. The van der Waals surface area contributed by atoms with Crippen LogP contribution < -0.4 is 5.32 Å². The second-order valence-corrected chi connectivity index (χ2v) is 2.73. The Hall–Kier alpha value is -0.290. The van der Waals surface area contributed by atoms with E-state index in [0.717, 1.165) is 6.42 Å². The van der Waals surface area contributed by atoms with Gasteiger partial charge >= 0.3 is 6.18 Å². The van der Waals surface area contributed by atoms with Crippen LogP contribution in [0.5, 0.6) is 0 Å². The molecule has 0 unspecified atom stereocenters. The van der Waals surface area contributed by atoms with Gasteiger partial charge in [0.1, 0.15) is 0 Å². The average Bonchev–Trinajstić information content (AvgIpc) is 2.01. The summed E-state index contributed by atoms with van der Waals surface area (Å²) in [5.74, 6) is 0. The molecule has 0 bridgehead atoms. The first-order chi connectivity index (χ1) is 6.06. The maximum Gasteiger partial charge on any atom is 0.390 e. The highest BCUT2D eigenvalue weighted by atomic mass is 19.4. The molecule has 1 N–H and O–H groups in total. The molecule has 2 nitrogen and oxygen atoms in total. The van der Waals surface area contributed by atoms with E-state index < -0.39 is 12.6 Å². The van der Waals surface area contributed by atoms with Crippen LogP contribution in [0.25, 0.3) is 0 Å². The molecule has 0 saturated carbocycles. The van der Waals surface area contributed by atoms with Crippen molar-refractivity contribution in [2.45, 2.75) is 25.9 Å². The van der Waals surface area contributed by atoms with Gasteiger partial charge in [0.15, 0.2) is 0 Å². The van der Waals surface area contributed by atoms with Gasteiger partial charge in [-0.2, -0.15) is 13.2 Å². The topological polar surface area (TPSA) is 21.3 Å². The van der Waals surface area contributed by atoms with Crippen LogP contribution in [0.15, 0.2) is 0 Å². The zero-order chi connectivity index (χ0) is 10.2. The first kappa shape index (κ1) is 12.7. The summed E-state index contributed by atoms with van der Waals surface area (Å²) in [5, 5.41) is 2.66. The van der Waals surface area contributed by atoms with Crippen molar-refractivity contribution in [3.63, 3.8) is 0 Å². The number of alkyl halides is 3. The van der Waals surface area contributed by atoms with Crippen molar-refractivity contribution in [3.8, 4) is 0 Å². The van der Waals surface area contributed by atoms with Crippen molar-refractivity contribution in [1.82, 2.24) is 5.32 Å². The molecule has 0 aromatic rings. The van der Waals surface area contributed by atoms with E-state index in [1.807, 2.05) is 6.92 Å². The Bertz CT molecular complexity index is 116. The summed E-state index contributed by atoms with van der Waals surface area (Å²) in [5.41, 5.74) is 0. The lowest BCUT2D eigenvalue weighted by Crippen LogP contribution is -2.25. The highest BCUT2D eigenvalue weighted by molar-refractivity contribution is 4.53. The van der Waals surface area contributed by atoms with E-state index >= 15 is 0 Å². The average molecular weight is 199 g/mol. The lowest BCUT2D eigenvalue weighted by molar-refractivity contribution is -0.133. The standard InChI is InChI=1S/C8H16F3NO/c1-2-6-13-7-5-12-4-3-8(9,10)11/h12H,2-7H2,1H3. The molecule has 80 valence electrons. The van der Waals surface area contributed by atoms with Gasteiger partial charge < -0.3 is 10.1 Å². The molecule has 0 rings (SSSR count). The van der Waals surface area contributed by atoms with Gasteiger partial charge in [-0.1, -0.05) is 6.92 Å². The van der Waals surface area contributed by atoms with E-state index in [9.17, 15) is 13.2 Å². The predicted octanol–water partition coefficient (Wildman–Crippen LogP) is 1.96. The van der Waals surface area contributed by atoms with Gasteiger partial charge in [0, 0.05) is 19.7 Å². The Balaban J connectivity index is 3.00. The first-order valence-corrected chi connectivity index (χ1v) is 4.41. The lowest BCUT2D eigenvalue weighted by Gasteiger charge is -2.07. The summed E-state index contributed by atoms with van der Waals surface area (Å²) < 4.78 is 39.9. The molecule has 0 heterocycles. The van der Waals surface area contributed by atoms with Crippen LogP contribution in [0.3, 0.4) is 0 Å². The highest BCUT2D eigenvalue weighted by Crippen LogP contribution is 2.17. The van der Waals surface area contributed by atoms with Crippen molar-refractivity contribution >= 4 is 0 Å². The third kappa shape index (κ3) is 11.7. The molecule has 0 aromatic carbocycles. The first-order valence-electron chi connectivity index (χ1n) is 4.41. The van der Waals surface area contributed by atoms with Gasteiger partial charge in [0.05, 0.1) is 13.0 Å². The number of nitrogens with one attached hydrogen (secondary N) is 1. The minimum atomic E-state index is -4.06. The Morgan fingerprint density at radius 1 is 1.15 bits per heavy atom. The van der Waals surface area contributed by atoms with Crippen LogP contribution in [-0.2, 0) is 4.74 Å². The molecular formula is C8H16F3NO. The number of halogens is 3. The van der Waals surface area contributed by atoms with Gasteiger partial charge in [0.25, 0.3) is 0 Å². The second-order valence-electron chi connectivity index (χ2n) is 2.73. The van der Waals surface area contributed by atoms with E-state index in [1.54, 1.807) is 0 Å². The normalized spacial score (nSPS) is 12.0. The molecular weight excluding hydrogens is 183 g/mol. The maximum atomic E-state index is 11.6. The fraction of sp³-hybridized carbons (Fsp3) is 1.00. The van der Waals surface area contributed by atoms with Crippen molar-refractivity contribution in [2.75, 3.05) is 26.3 Å². The Labute approximate surface area is 76.5 Å². The number of rotatable bonds is 7. The van der Waals surface area contributed by atoms with E-state index in [-0.39, 0.29) is 6.54 Å². The molecule has 13 heavy (non-hydrogen) atoms. The summed E-state index contributed by atoms with van der Waals surface area (Å²) >= 11 is 0. The maximum absolute atomic E-state index is 11.6. The van der Waals surface area contributed by atoms with E-state index in [4.69, 9.17) is 4.74 Å². The molecule has 0 atom stereocenters. The Kier molecular flexibility index (Phi) is 6.99. The molecule has 0 fully saturated rings. The van der Waals surface area contributed by atoms with E-state index in [2.05, 4.69) is 5.32 Å². The summed E-state index contributed by atoms with van der Waals surface area (Å²) in [6, 6.07) is 0. The van der Waals surface area contributed by atoms with E-state index in [1.165, 1.54) is 0 Å². The summed E-state index contributed by atoms with van der Waals surface area (Å²) in [6.07, 6.45) is -3.90. The van der Waals surface area contributed by atoms with Crippen molar-refractivity contribution in [3.05, 3.63) is 0 Å². The fourth-order valence-corrected chi connectivity index (χ4v) is 0.746. The van der Waals surface area contributed by atoms with Crippen molar-refractivity contribution in [1.29, 1.82) is 0 Å². The van der Waals surface area contributed by atoms with Crippen molar-refractivity contribution < 1.29 is 17.9 Å². The zero-order valence-corrected chi connectivity index (χ0v) is 7.78. The molecule has 0 aromatic heterocycles. The lowest BCUT2D eigenvalue weighted by atomic mass is 10.4. The molecule has 0 aliphatic rings. The van der Waals surface area contributed by atoms with Crippen LogP contribution in [0, 0.1) is 0 Å². The monoisotopic (exact) mass is 199 g/mol.